The molecule has 0 amide bonds. The predicted molar refractivity (Wildman–Crippen MR) is 115 cm³/mol. The van der Waals surface area contributed by atoms with Crippen LogP contribution < -0.4 is 0 Å². The van der Waals surface area contributed by atoms with Gasteiger partial charge in [-0.05, 0) is 133 Å². The number of hydrogen-bond donors (Lipinski definition) is 0. The van der Waals surface area contributed by atoms with Gasteiger partial charge >= 0.3 is 0 Å². The highest BCUT2D eigenvalue weighted by molar-refractivity contribution is 5.28. The Kier molecular flexibility index (Phi) is 2.74. The van der Waals surface area contributed by atoms with Gasteiger partial charge < -0.3 is 0 Å². The molecule has 1 aromatic rings. The molecule has 150 valence electrons. The van der Waals surface area contributed by atoms with Gasteiger partial charge in [-0.2, -0.15) is 0 Å². The third-order valence-electron chi connectivity index (χ3n) is 12.7. The van der Waals surface area contributed by atoms with Crippen molar-refractivity contribution in [3.63, 3.8) is 0 Å². The molecule has 0 heteroatoms. The molecule has 0 spiro atoms. The molecule has 9 rings (SSSR count). The van der Waals surface area contributed by atoms with E-state index in [1.54, 1.807) is 37.7 Å². The molecule has 8 aliphatic rings. The van der Waals surface area contributed by atoms with E-state index < -0.39 is 0 Å². The van der Waals surface area contributed by atoms with Crippen molar-refractivity contribution in [1.29, 1.82) is 0 Å². The van der Waals surface area contributed by atoms with E-state index in [0.29, 0.717) is 0 Å². The van der Waals surface area contributed by atoms with E-state index >= 15 is 0 Å². The van der Waals surface area contributed by atoms with Gasteiger partial charge in [0, 0.05) is 0 Å². The Morgan fingerprint density at radius 3 is 1.90 bits per heavy atom. The molecular formula is C29H34. The van der Waals surface area contributed by atoms with Crippen molar-refractivity contribution < 1.29 is 0 Å². The van der Waals surface area contributed by atoms with Crippen LogP contribution in [-0.4, -0.2) is 0 Å². The molecule has 15 atom stereocenters. The molecular weight excluding hydrogens is 348 g/mol. The first kappa shape index (κ1) is 15.7. The van der Waals surface area contributed by atoms with Crippen molar-refractivity contribution in [2.24, 2.45) is 88.8 Å². The maximum Gasteiger partial charge on any atom is -0.0194 e. The predicted octanol–water partition coefficient (Wildman–Crippen LogP) is 6.09. The highest BCUT2D eigenvalue weighted by atomic mass is 14.8. The molecule has 8 aliphatic carbocycles. The zero-order chi connectivity index (χ0) is 18.4. The summed E-state index contributed by atoms with van der Waals surface area (Å²) in [4.78, 5) is 0. The third kappa shape index (κ3) is 1.68. The molecule has 0 nitrogen and oxygen atoms in total. The van der Waals surface area contributed by atoms with E-state index in [2.05, 4.69) is 42.5 Å². The highest BCUT2D eigenvalue weighted by Crippen LogP contribution is 2.81. The van der Waals surface area contributed by atoms with Crippen molar-refractivity contribution in [2.45, 2.75) is 38.5 Å². The van der Waals surface area contributed by atoms with Crippen LogP contribution in [0.15, 0.2) is 42.5 Å². The normalized spacial score (nSPS) is 63.5. The van der Waals surface area contributed by atoms with Gasteiger partial charge in [-0.3, -0.25) is 0 Å². The third-order valence-corrected chi connectivity index (χ3v) is 12.7. The quantitative estimate of drug-likeness (QED) is 0.429. The van der Waals surface area contributed by atoms with Gasteiger partial charge in [0.2, 0.25) is 0 Å². The lowest BCUT2D eigenvalue weighted by molar-refractivity contribution is -0.0272. The van der Waals surface area contributed by atoms with Crippen LogP contribution >= 0.6 is 0 Å². The lowest BCUT2D eigenvalue weighted by atomic mass is 9.54. The average Bonchev–Trinajstić information content (AvgIpc) is 3.57. The minimum atomic E-state index is 1.00. The van der Waals surface area contributed by atoms with Crippen LogP contribution in [0.4, 0.5) is 0 Å². The summed E-state index contributed by atoms with van der Waals surface area (Å²) in [5, 5.41) is 0. The largest absolute Gasteiger partial charge is 0.0848 e. The Hall–Kier alpha value is -1.04. The second-order valence-electron chi connectivity index (χ2n) is 12.9. The molecule has 0 N–H and O–H groups in total. The molecule has 0 aliphatic heterocycles. The summed E-state index contributed by atoms with van der Waals surface area (Å²) < 4.78 is 0. The molecule has 7 fully saturated rings. The summed E-state index contributed by atoms with van der Waals surface area (Å²) in [5.41, 5.74) is 1.61. The summed E-state index contributed by atoms with van der Waals surface area (Å²) in [6.07, 6.45) is 14.8. The Morgan fingerprint density at radius 2 is 1.17 bits per heavy atom. The van der Waals surface area contributed by atoms with E-state index in [0.717, 1.165) is 65.1 Å². The first-order valence-electron chi connectivity index (χ1n) is 13.1. The highest BCUT2D eigenvalue weighted by Gasteiger charge is 2.75. The molecule has 1 aromatic carbocycles. The first-order valence-corrected chi connectivity index (χ1v) is 13.1. The standard InChI is InChI=1S/C29H34/c1-2-4-14(5-3-1)8-17-10-18-11-19(17)27-23-13-22(26(18)27)28-20-12-21(29(23)28)25-16-7-6-15(9-16)24(20)25/h1-7,15-29H,8-13H2. The summed E-state index contributed by atoms with van der Waals surface area (Å²) in [6, 6.07) is 11.5. The number of fused-ring (bicyclic) bond motifs is 23. The fraction of sp³-hybridized carbons (Fsp3) is 0.724. The Balaban J connectivity index is 1.05. The Morgan fingerprint density at radius 1 is 0.552 bits per heavy atom. The fourth-order valence-corrected chi connectivity index (χ4v) is 12.8. The van der Waals surface area contributed by atoms with Crippen LogP contribution in [0.2, 0.25) is 0 Å². The molecule has 15 unspecified atom stereocenters. The van der Waals surface area contributed by atoms with Gasteiger partial charge in [0.15, 0.2) is 0 Å². The van der Waals surface area contributed by atoms with Crippen molar-refractivity contribution in [3.05, 3.63) is 48.0 Å². The van der Waals surface area contributed by atoms with Gasteiger partial charge in [-0.25, -0.2) is 0 Å². The Labute approximate surface area is 175 Å². The molecule has 8 bridgehead atoms. The number of benzene rings is 1. The summed E-state index contributed by atoms with van der Waals surface area (Å²) in [5.74, 6) is 16.8. The van der Waals surface area contributed by atoms with Gasteiger partial charge in [-0.1, -0.05) is 42.5 Å². The smallest absolute Gasteiger partial charge is 0.0194 e. The first-order chi connectivity index (χ1) is 14.4. The molecule has 7 saturated carbocycles. The average molecular weight is 383 g/mol. The molecule has 0 saturated heterocycles. The van der Waals surface area contributed by atoms with E-state index in [9.17, 15) is 0 Å². The number of allylic oxidation sites excluding steroid dienone is 2. The van der Waals surface area contributed by atoms with Gasteiger partial charge in [0.25, 0.3) is 0 Å². The second kappa shape index (κ2) is 5.05. The fourth-order valence-electron chi connectivity index (χ4n) is 12.8. The van der Waals surface area contributed by atoms with Gasteiger partial charge in [0.1, 0.15) is 0 Å². The maximum atomic E-state index is 2.66. The summed E-state index contributed by atoms with van der Waals surface area (Å²) in [6.45, 7) is 0. The molecule has 0 aromatic heterocycles. The topological polar surface area (TPSA) is 0 Å². The van der Waals surface area contributed by atoms with Crippen LogP contribution in [0.3, 0.4) is 0 Å². The van der Waals surface area contributed by atoms with E-state index in [-0.39, 0.29) is 0 Å². The zero-order valence-corrected chi connectivity index (χ0v) is 17.4. The number of hydrogen-bond acceptors (Lipinski definition) is 0. The van der Waals surface area contributed by atoms with E-state index in [4.69, 9.17) is 0 Å². The lowest BCUT2D eigenvalue weighted by Gasteiger charge is -2.50. The monoisotopic (exact) mass is 382 g/mol. The van der Waals surface area contributed by atoms with Crippen LogP contribution in [0.25, 0.3) is 0 Å². The molecule has 0 heterocycles. The van der Waals surface area contributed by atoms with Gasteiger partial charge in [0.05, 0.1) is 0 Å². The van der Waals surface area contributed by atoms with Crippen molar-refractivity contribution >= 4 is 0 Å². The van der Waals surface area contributed by atoms with Crippen LogP contribution in [0.5, 0.6) is 0 Å². The van der Waals surface area contributed by atoms with E-state index in [1.807, 2.05) is 0 Å². The van der Waals surface area contributed by atoms with Crippen molar-refractivity contribution in [3.8, 4) is 0 Å². The second-order valence-corrected chi connectivity index (χ2v) is 12.9. The number of rotatable bonds is 2. The maximum absolute atomic E-state index is 2.66. The molecule has 0 radical (unpaired) electrons. The summed E-state index contributed by atoms with van der Waals surface area (Å²) in [7, 11) is 0. The van der Waals surface area contributed by atoms with Crippen LogP contribution in [0.1, 0.15) is 37.7 Å². The zero-order valence-electron chi connectivity index (χ0n) is 17.4. The minimum Gasteiger partial charge on any atom is -0.0848 e. The van der Waals surface area contributed by atoms with Crippen molar-refractivity contribution in [1.82, 2.24) is 0 Å². The van der Waals surface area contributed by atoms with Crippen LogP contribution in [-0.2, 0) is 6.42 Å². The minimum absolute atomic E-state index is 1.00. The van der Waals surface area contributed by atoms with Crippen LogP contribution in [0, 0.1) is 88.8 Å². The molecule has 29 heavy (non-hydrogen) atoms. The SMILES string of the molecule is C1=CC2CC1C1C3CC(C21)C1C2CC(C4C5CC(Cc6ccccc6)C(C5)C24)C31. The summed E-state index contributed by atoms with van der Waals surface area (Å²) >= 11 is 0. The Bertz CT molecular complexity index is 898. The van der Waals surface area contributed by atoms with Crippen molar-refractivity contribution in [2.75, 3.05) is 0 Å². The lowest BCUT2D eigenvalue weighted by Crippen LogP contribution is -2.47. The van der Waals surface area contributed by atoms with E-state index in [1.165, 1.54) is 30.1 Å². The van der Waals surface area contributed by atoms with Gasteiger partial charge in [-0.15, -0.1) is 0 Å².